The number of hydrogen-bond donors (Lipinski definition) is 0. The molecule has 2 aromatic rings. The van der Waals surface area contributed by atoms with Crippen molar-refractivity contribution in [3.05, 3.63) is 60.0 Å². The summed E-state index contributed by atoms with van der Waals surface area (Å²) < 4.78 is 13.2. The van der Waals surface area contributed by atoms with Crippen LogP contribution in [-0.4, -0.2) is 16.9 Å². The highest BCUT2D eigenvalue weighted by molar-refractivity contribution is 6.06. The van der Waals surface area contributed by atoms with Gasteiger partial charge in [-0.05, 0) is 43.2 Å². The Balaban J connectivity index is 1.95. The second-order valence-corrected chi connectivity index (χ2v) is 4.60. The Morgan fingerprint density at radius 3 is 2.68 bits per heavy atom. The second-order valence-electron chi connectivity index (χ2n) is 4.60. The molecular weight excluding hydrogens is 243 g/mol. The van der Waals surface area contributed by atoms with Gasteiger partial charge in [-0.3, -0.25) is 9.69 Å². The Bertz CT molecular complexity index is 596. The minimum Gasteiger partial charge on any atom is -0.290 e. The van der Waals surface area contributed by atoms with Crippen LogP contribution < -0.4 is 4.90 Å². The Labute approximate surface area is 110 Å². The second kappa shape index (κ2) is 4.80. The number of benzene rings is 1. The molecular formula is C15H13FN2O. The molecule has 3 nitrogen and oxygen atoms in total. The van der Waals surface area contributed by atoms with Crippen molar-refractivity contribution in [2.75, 3.05) is 4.90 Å². The number of anilines is 1. The van der Waals surface area contributed by atoms with Crippen LogP contribution in [0.25, 0.3) is 0 Å². The summed E-state index contributed by atoms with van der Waals surface area (Å²) in [4.78, 5) is 18.4. The lowest BCUT2D eigenvalue weighted by molar-refractivity contribution is 0.0984. The zero-order chi connectivity index (χ0) is 13.2. The number of rotatable bonds is 3. The van der Waals surface area contributed by atoms with Crippen molar-refractivity contribution >= 4 is 11.7 Å². The van der Waals surface area contributed by atoms with Crippen LogP contribution >= 0.6 is 0 Å². The molecule has 1 aliphatic carbocycles. The Hall–Kier alpha value is -2.23. The molecule has 0 aliphatic heterocycles. The average molecular weight is 256 g/mol. The molecule has 0 atom stereocenters. The molecule has 4 heteroatoms. The summed E-state index contributed by atoms with van der Waals surface area (Å²) in [6.45, 7) is 0. The van der Waals surface area contributed by atoms with Gasteiger partial charge in [-0.2, -0.15) is 0 Å². The number of aromatic nitrogens is 1. The van der Waals surface area contributed by atoms with Crippen LogP contribution in [0, 0.1) is 5.82 Å². The van der Waals surface area contributed by atoms with E-state index in [9.17, 15) is 9.18 Å². The first-order valence-corrected chi connectivity index (χ1v) is 6.26. The van der Waals surface area contributed by atoms with Gasteiger partial charge in [0.05, 0.1) is 0 Å². The summed E-state index contributed by atoms with van der Waals surface area (Å²) in [6.07, 6.45) is 3.60. The summed E-state index contributed by atoms with van der Waals surface area (Å²) in [7, 11) is 0. The molecule has 3 rings (SSSR count). The van der Waals surface area contributed by atoms with E-state index in [2.05, 4.69) is 4.98 Å². The first-order chi connectivity index (χ1) is 9.25. The highest BCUT2D eigenvalue weighted by Crippen LogP contribution is 2.31. The van der Waals surface area contributed by atoms with Crippen molar-refractivity contribution in [2.45, 2.75) is 18.9 Å². The molecule has 96 valence electrons. The molecule has 19 heavy (non-hydrogen) atoms. The van der Waals surface area contributed by atoms with Crippen molar-refractivity contribution in [3.8, 4) is 0 Å². The predicted octanol–water partition coefficient (Wildman–Crippen LogP) is 3.03. The van der Waals surface area contributed by atoms with Gasteiger partial charge in [0.2, 0.25) is 0 Å². The summed E-state index contributed by atoms with van der Waals surface area (Å²) in [6, 6.07) is 11.4. The standard InChI is InChI=1S/C15H13FN2O/c16-12-5-3-4-11(10-12)15(19)18(13-7-8-13)14-6-1-2-9-17-14/h1-6,9-10,13H,7-8H2. The lowest BCUT2D eigenvalue weighted by Gasteiger charge is -2.21. The molecule has 1 aromatic carbocycles. The molecule has 1 aliphatic rings. The molecule has 1 aromatic heterocycles. The third-order valence-electron chi connectivity index (χ3n) is 3.10. The molecule has 1 amide bonds. The number of pyridine rings is 1. The lowest BCUT2D eigenvalue weighted by atomic mass is 10.2. The smallest absolute Gasteiger partial charge is 0.259 e. The SMILES string of the molecule is O=C(c1cccc(F)c1)N(c1ccccn1)C1CC1. The van der Waals surface area contributed by atoms with Crippen molar-refractivity contribution in [1.29, 1.82) is 0 Å². The van der Waals surface area contributed by atoms with Crippen LogP contribution in [0.15, 0.2) is 48.7 Å². The first kappa shape index (κ1) is 11.8. The maximum absolute atomic E-state index is 13.2. The Morgan fingerprint density at radius 1 is 1.21 bits per heavy atom. The highest BCUT2D eigenvalue weighted by atomic mass is 19.1. The van der Waals surface area contributed by atoms with Gasteiger partial charge in [0, 0.05) is 17.8 Å². The Morgan fingerprint density at radius 2 is 2.05 bits per heavy atom. The number of carbonyl (C=O) groups is 1. The maximum atomic E-state index is 13.2. The molecule has 0 saturated heterocycles. The molecule has 0 N–H and O–H groups in total. The van der Waals surface area contributed by atoms with Gasteiger partial charge < -0.3 is 0 Å². The minimum atomic E-state index is -0.400. The fraction of sp³-hybridized carbons (Fsp3) is 0.200. The van der Waals surface area contributed by atoms with Crippen LogP contribution in [-0.2, 0) is 0 Å². The van der Waals surface area contributed by atoms with E-state index in [0.717, 1.165) is 12.8 Å². The lowest BCUT2D eigenvalue weighted by Crippen LogP contribution is -2.33. The quantitative estimate of drug-likeness (QED) is 0.845. The van der Waals surface area contributed by atoms with Crippen LogP contribution in [0.1, 0.15) is 23.2 Å². The molecule has 1 heterocycles. The number of carbonyl (C=O) groups excluding carboxylic acids is 1. The summed E-state index contributed by atoms with van der Waals surface area (Å²) in [5.41, 5.74) is 0.359. The van der Waals surface area contributed by atoms with Gasteiger partial charge in [0.25, 0.3) is 5.91 Å². The number of amides is 1. The fourth-order valence-electron chi connectivity index (χ4n) is 2.05. The van der Waals surface area contributed by atoms with Crippen molar-refractivity contribution in [3.63, 3.8) is 0 Å². The molecule has 1 saturated carbocycles. The van der Waals surface area contributed by atoms with E-state index in [1.54, 1.807) is 35.4 Å². The summed E-state index contributed by atoms with van der Waals surface area (Å²) in [5, 5.41) is 0. The van der Waals surface area contributed by atoms with Crippen LogP contribution in [0.2, 0.25) is 0 Å². The van der Waals surface area contributed by atoms with E-state index in [1.807, 2.05) is 6.07 Å². The van der Waals surface area contributed by atoms with Crippen LogP contribution in [0.3, 0.4) is 0 Å². The normalized spacial score (nSPS) is 14.2. The monoisotopic (exact) mass is 256 g/mol. The van der Waals surface area contributed by atoms with Crippen molar-refractivity contribution in [2.24, 2.45) is 0 Å². The fourth-order valence-corrected chi connectivity index (χ4v) is 2.05. The van der Waals surface area contributed by atoms with Gasteiger partial charge in [-0.25, -0.2) is 9.37 Å². The zero-order valence-corrected chi connectivity index (χ0v) is 10.3. The van der Waals surface area contributed by atoms with Crippen molar-refractivity contribution < 1.29 is 9.18 Å². The van der Waals surface area contributed by atoms with E-state index in [0.29, 0.717) is 11.4 Å². The first-order valence-electron chi connectivity index (χ1n) is 6.26. The van der Waals surface area contributed by atoms with Crippen LogP contribution in [0.5, 0.6) is 0 Å². The maximum Gasteiger partial charge on any atom is 0.259 e. The third-order valence-corrected chi connectivity index (χ3v) is 3.10. The van der Waals surface area contributed by atoms with E-state index in [-0.39, 0.29) is 11.9 Å². The highest BCUT2D eigenvalue weighted by Gasteiger charge is 2.34. The third kappa shape index (κ3) is 2.47. The molecule has 0 radical (unpaired) electrons. The van der Waals surface area contributed by atoms with Crippen molar-refractivity contribution in [1.82, 2.24) is 4.98 Å². The molecule has 0 spiro atoms. The Kier molecular flexibility index (Phi) is 2.99. The largest absolute Gasteiger partial charge is 0.290 e. The van der Waals surface area contributed by atoms with E-state index < -0.39 is 5.82 Å². The topological polar surface area (TPSA) is 33.2 Å². The number of nitrogens with zero attached hydrogens (tertiary/aromatic N) is 2. The molecule has 0 unspecified atom stereocenters. The van der Waals surface area contributed by atoms with Gasteiger partial charge in [-0.1, -0.05) is 12.1 Å². The van der Waals surface area contributed by atoms with Gasteiger partial charge in [-0.15, -0.1) is 0 Å². The van der Waals surface area contributed by atoms with E-state index in [4.69, 9.17) is 0 Å². The van der Waals surface area contributed by atoms with Crippen LogP contribution in [0.4, 0.5) is 10.2 Å². The molecule has 1 fully saturated rings. The van der Waals surface area contributed by atoms with E-state index >= 15 is 0 Å². The van der Waals surface area contributed by atoms with Gasteiger partial charge in [0.15, 0.2) is 0 Å². The summed E-state index contributed by atoms with van der Waals surface area (Å²) >= 11 is 0. The zero-order valence-electron chi connectivity index (χ0n) is 10.3. The molecule has 0 bridgehead atoms. The number of hydrogen-bond acceptors (Lipinski definition) is 2. The van der Waals surface area contributed by atoms with Gasteiger partial charge >= 0.3 is 0 Å². The minimum absolute atomic E-state index is 0.186. The average Bonchev–Trinajstić information content (AvgIpc) is 3.25. The summed E-state index contributed by atoms with van der Waals surface area (Å²) in [5.74, 6) is 0.0302. The predicted molar refractivity (Wildman–Crippen MR) is 70.5 cm³/mol. The van der Waals surface area contributed by atoms with Gasteiger partial charge in [0.1, 0.15) is 11.6 Å². The number of halogens is 1. The van der Waals surface area contributed by atoms with E-state index in [1.165, 1.54) is 12.1 Å².